The van der Waals surface area contributed by atoms with E-state index in [2.05, 4.69) is 11.7 Å². The molecule has 3 aromatic rings. The second-order valence-corrected chi connectivity index (χ2v) is 9.57. The molecule has 0 aliphatic carbocycles. The summed E-state index contributed by atoms with van der Waals surface area (Å²) in [7, 11) is 0. The van der Waals surface area contributed by atoms with Gasteiger partial charge in [-0.1, -0.05) is 62.9 Å². The van der Waals surface area contributed by atoms with Crippen molar-refractivity contribution >= 4 is 10.8 Å². The van der Waals surface area contributed by atoms with E-state index < -0.39 is 24.5 Å². The Labute approximate surface area is 220 Å². The molecule has 0 atom stereocenters. The summed E-state index contributed by atoms with van der Waals surface area (Å²) in [6.45, 7) is 0.693. The first kappa shape index (κ1) is 28.3. The summed E-state index contributed by atoms with van der Waals surface area (Å²) in [6.07, 6.45) is 5.98. The maximum Gasteiger partial charge on any atom is 0.387 e. The van der Waals surface area contributed by atoms with Crippen molar-refractivity contribution in [3.8, 4) is 5.75 Å². The van der Waals surface area contributed by atoms with Crippen LogP contribution in [0.5, 0.6) is 5.75 Å². The quantitative estimate of drug-likeness (QED) is 0.165. The molecule has 0 aromatic heterocycles. The van der Waals surface area contributed by atoms with Crippen molar-refractivity contribution < 1.29 is 36.5 Å². The van der Waals surface area contributed by atoms with Gasteiger partial charge >= 0.3 is 6.61 Å². The van der Waals surface area contributed by atoms with Gasteiger partial charge in [0.15, 0.2) is 17.9 Å². The van der Waals surface area contributed by atoms with Crippen molar-refractivity contribution in [2.75, 3.05) is 19.8 Å². The largest absolute Gasteiger partial charge is 0.432 e. The second kappa shape index (κ2) is 13.9. The highest BCUT2D eigenvalue weighted by atomic mass is 19.3. The molecule has 1 heterocycles. The third kappa shape index (κ3) is 7.68. The molecule has 0 N–H and O–H groups in total. The maximum atomic E-state index is 15.2. The zero-order chi connectivity index (χ0) is 26.9. The van der Waals surface area contributed by atoms with E-state index in [1.54, 1.807) is 18.2 Å². The average molecular weight is 535 g/mol. The lowest BCUT2D eigenvalue weighted by molar-refractivity contribution is -0.230. The Balaban J connectivity index is 1.31. The molecule has 1 fully saturated rings. The summed E-state index contributed by atoms with van der Waals surface area (Å²) in [5.74, 6) is -1.73. The van der Waals surface area contributed by atoms with E-state index in [0.717, 1.165) is 29.5 Å². The number of unbranched alkanes of at least 4 members (excludes halogenated alkanes) is 4. The molecule has 38 heavy (non-hydrogen) atoms. The van der Waals surface area contributed by atoms with Gasteiger partial charge in [-0.15, -0.1) is 0 Å². The smallest absolute Gasteiger partial charge is 0.387 e. The fraction of sp³-hybridized carbons (Fsp3) is 0.467. The standard InChI is InChI=1S/C30H34F4O4/c1-2-3-4-5-6-15-35-24-18-36-29(37-19-24)23-12-13-25-22(17-23)11-10-21(28(25)32)9-7-20-8-14-27(26(31)16-20)38-30(33)34/h8,10-14,16-17,24,29-30H,2-7,9,15,18-19H2,1H3. The minimum absolute atomic E-state index is 0.0839. The molecule has 0 saturated carbocycles. The Kier molecular flexibility index (Phi) is 10.4. The van der Waals surface area contributed by atoms with Crippen LogP contribution in [0.2, 0.25) is 0 Å². The number of halogens is 4. The Morgan fingerprint density at radius 1 is 0.895 bits per heavy atom. The number of alkyl halides is 2. The van der Waals surface area contributed by atoms with Crippen molar-refractivity contribution in [1.29, 1.82) is 0 Å². The highest BCUT2D eigenvalue weighted by molar-refractivity contribution is 5.84. The van der Waals surface area contributed by atoms with Crippen LogP contribution in [-0.2, 0) is 27.1 Å². The maximum absolute atomic E-state index is 15.2. The summed E-state index contributed by atoms with van der Waals surface area (Å²) in [5, 5.41) is 1.19. The van der Waals surface area contributed by atoms with E-state index in [9.17, 15) is 13.2 Å². The number of benzene rings is 3. The predicted molar refractivity (Wildman–Crippen MR) is 137 cm³/mol. The number of hydrogen-bond acceptors (Lipinski definition) is 4. The van der Waals surface area contributed by atoms with Gasteiger partial charge in [0.1, 0.15) is 11.9 Å². The van der Waals surface area contributed by atoms with Crippen molar-refractivity contribution in [3.63, 3.8) is 0 Å². The van der Waals surface area contributed by atoms with E-state index in [0.29, 0.717) is 49.2 Å². The van der Waals surface area contributed by atoms with E-state index in [4.69, 9.17) is 14.2 Å². The Hall–Kier alpha value is -2.68. The van der Waals surface area contributed by atoms with Gasteiger partial charge in [0, 0.05) is 17.6 Å². The zero-order valence-electron chi connectivity index (χ0n) is 21.6. The average Bonchev–Trinajstić information content (AvgIpc) is 2.91. The van der Waals surface area contributed by atoms with Gasteiger partial charge in [0.05, 0.1) is 13.2 Å². The van der Waals surface area contributed by atoms with Crippen molar-refractivity contribution in [2.24, 2.45) is 0 Å². The van der Waals surface area contributed by atoms with Gasteiger partial charge in [-0.05, 0) is 54.0 Å². The number of rotatable bonds is 13. The lowest BCUT2D eigenvalue weighted by Gasteiger charge is -2.29. The summed E-state index contributed by atoms with van der Waals surface area (Å²) < 4.78 is 75.6. The summed E-state index contributed by atoms with van der Waals surface area (Å²) in [4.78, 5) is 0. The van der Waals surface area contributed by atoms with Crippen molar-refractivity contribution in [1.82, 2.24) is 0 Å². The predicted octanol–water partition coefficient (Wildman–Crippen LogP) is 7.91. The Morgan fingerprint density at radius 3 is 2.42 bits per heavy atom. The van der Waals surface area contributed by atoms with Gasteiger partial charge in [-0.25, -0.2) is 8.78 Å². The molecule has 1 saturated heterocycles. The number of ether oxygens (including phenoxy) is 4. The molecule has 8 heteroatoms. The highest BCUT2D eigenvalue weighted by Crippen LogP contribution is 2.30. The topological polar surface area (TPSA) is 36.9 Å². The van der Waals surface area contributed by atoms with Crippen molar-refractivity contribution in [3.05, 3.63) is 76.9 Å². The zero-order valence-corrected chi connectivity index (χ0v) is 21.6. The number of fused-ring (bicyclic) bond motifs is 1. The third-order valence-corrected chi connectivity index (χ3v) is 6.69. The van der Waals surface area contributed by atoms with Crippen LogP contribution < -0.4 is 4.74 Å². The lowest BCUT2D eigenvalue weighted by atomic mass is 9.99. The third-order valence-electron chi connectivity index (χ3n) is 6.69. The summed E-state index contributed by atoms with van der Waals surface area (Å²) in [6, 6.07) is 12.7. The molecule has 3 aromatic carbocycles. The Bertz CT molecular complexity index is 1180. The highest BCUT2D eigenvalue weighted by Gasteiger charge is 2.24. The first-order chi connectivity index (χ1) is 18.4. The molecule has 0 bridgehead atoms. The molecule has 0 amide bonds. The fourth-order valence-corrected chi connectivity index (χ4v) is 4.60. The minimum atomic E-state index is -3.10. The van der Waals surface area contributed by atoms with Crippen LogP contribution >= 0.6 is 0 Å². The van der Waals surface area contributed by atoms with Crippen LogP contribution in [0.3, 0.4) is 0 Å². The normalized spacial score (nSPS) is 17.8. The van der Waals surface area contributed by atoms with E-state index in [1.165, 1.54) is 31.7 Å². The molecule has 1 aliphatic rings. The van der Waals surface area contributed by atoms with Gasteiger partial charge in [-0.2, -0.15) is 8.78 Å². The number of hydrogen-bond donors (Lipinski definition) is 0. The van der Waals surface area contributed by atoms with Crippen LogP contribution in [0.4, 0.5) is 17.6 Å². The van der Waals surface area contributed by atoms with Crippen LogP contribution in [-0.4, -0.2) is 32.5 Å². The van der Waals surface area contributed by atoms with E-state index in [-0.39, 0.29) is 11.9 Å². The molecule has 0 radical (unpaired) electrons. The van der Waals surface area contributed by atoms with Gasteiger partial charge in [0.2, 0.25) is 0 Å². The van der Waals surface area contributed by atoms with Gasteiger partial charge in [-0.3, -0.25) is 0 Å². The van der Waals surface area contributed by atoms with Crippen LogP contribution in [0.1, 0.15) is 62.0 Å². The lowest BCUT2D eigenvalue weighted by Crippen LogP contribution is -2.33. The molecule has 0 spiro atoms. The SMILES string of the molecule is CCCCCCCOC1COC(c2ccc3c(F)c(CCc4ccc(OC(F)F)c(F)c4)ccc3c2)OC1. The van der Waals surface area contributed by atoms with Crippen LogP contribution in [0, 0.1) is 11.6 Å². The molecular weight excluding hydrogens is 500 g/mol. The molecule has 206 valence electrons. The first-order valence-corrected chi connectivity index (χ1v) is 13.2. The second-order valence-electron chi connectivity index (χ2n) is 9.57. The van der Waals surface area contributed by atoms with Crippen LogP contribution in [0.25, 0.3) is 10.8 Å². The monoisotopic (exact) mass is 534 g/mol. The number of aryl methyl sites for hydroxylation is 2. The van der Waals surface area contributed by atoms with Crippen LogP contribution in [0.15, 0.2) is 48.5 Å². The molecule has 1 aliphatic heterocycles. The molecule has 4 nitrogen and oxygen atoms in total. The molecular formula is C30H34F4O4. The fourth-order valence-electron chi connectivity index (χ4n) is 4.60. The van der Waals surface area contributed by atoms with E-state index >= 15 is 4.39 Å². The van der Waals surface area contributed by atoms with Crippen molar-refractivity contribution in [2.45, 2.75) is 70.9 Å². The van der Waals surface area contributed by atoms with Gasteiger partial charge in [0.25, 0.3) is 0 Å². The summed E-state index contributed by atoms with van der Waals surface area (Å²) in [5.41, 5.74) is 1.85. The van der Waals surface area contributed by atoms with E-state index in [1.807, 2.05) is 12.1 Å². The summed E-state index contributed by atoms with van der Waals surface area (Å²) >= 11 is 0. The first-order valence-electron chi connectivity index (χ1n) is 13.2. The Morgan fingerprint density at radius 2 is 1.68 bits per heavy atom. The molecule has 0 unspecified atom stereocenters. The minimum Gasteiger partial charge on any atom is -0.432 e. The van der Waals surface area contributed by atoms with Gasteiger partial charge < -0.3 is 18.9 Å². The molecule has 4 rings (SSSR count).